The number of pyridine rings is 1. The van der Waals surface area contributed by atoms with Gasteiger partial charge in [0.2, 0.25) is 5.91 Å². The molecule has 4 heterocycles. The van der Waals surface area contributed by atoms with Crippen molar-refractivity contribution in [1.29, 1.82) is 0 Å². The van der Waals surface area contributed by atoms with Gasteiger partial charge in [-0.1, -0.05) is 0 Å². The van der Waals surface area contributed by atoms with Crippen LogP contribution in [0.25, 0.3) is 0 Å². The van der Waals surface area contributed by atoms with Crippen LogP contribution in [0.2, 0.25) is 0 Å². The highest BCUT2D eigenvalue weighted by molar-refractivity contribution is 6.37. The van der Waals surface area contributed by atoms with Crippen molar-refractivity contribution in [2.24, 2.45) is 16.0 Å². The highest BCUT2D eigenvalue weighted by atomic mass is 19.4. The molecule has 12 nitrogen and oxygen atoms in total. The second-order valence-electron chi connectivity index (χ2n) is 10.6. The standard InChI is InChI=1S/C26H31F6N7O5/c1-14(2)39-18-8-15(25(27,28)29)9-33-22(18)38-6-5-37(11-19(38)24(39)42)20(40)4-7-44-13-16(12-43-3)35-17-10-34-36-23(41)21(17)26(30,31)32/h8-10,14,16,19,21H,4-7,11-13H2,1-3H3,(H,36,41)/t16-,19-,21?/m0/s1. The number of hydrogen-bond acceptors (Lipinski definition) is 9. The summed E-state index contributed by atoms with van der Waals surface area (Å²) in [7, 11) is 1.31. The van der Waals surface area contributed by atoms with Gasteiger partial charge >= 0.3 is 12.4 Å². The Morgan fingerprint density at radius 2 is 1.89 bits per heavy atom. The number of anilines is 2. The first-order valence-corrected chi connectivity index (χ1v) is 13.6. The number of halogens is 6. The van der Waals surface area contributed by atoms with E-state index in [0.717, 1.165) is 18.5 Å². The number of ether oxygens (including phenoxy) is 2. The smallest absolute Gasteiger partial charge is 0.382 e. The summed E-state index contributed by atoms with van der Waals surface area (Å²) >= 11 is 0. The molecule has 3 amide bonds. The Morgan fingerprint density at radius 3 is 2.52 bits per heavy atom. The van der Waals surface area contributed by atoms with Crippen LogP contribution in [0.1, 0.15) is 25.8 Å². The minimum atomic E-state index is -4.89. The van der Waals surface area contributed by atoms with Crippen molar-refractivity contribution in [2.75, 3.05) is 56.4 Å². The lowest BCUT2D eigenvalue weighted by Gasteiger charge is -2.48. The molecule has 3 atom stereocenters. The maximum Gasteiger partial charge on any atom is 0.417 e. The molecule has 3 aliphatic rings. The van der Waals surface area contributed by atoms with Crippen LogP contribution < -0.4 is 15.2 Å². The summed E-state index contributed by atoms with van der Waals surface area (Å²) in [5.74, 6) is -4.45. The molecule has 1 fully saturated rings. The Balaban J connectivity index is 1.38. The van der Waals surface area contributed by atoms with E-state index < -0.39 is 59.5 Å². The van der Waals surface area contributed by atoms with Gasteiger partial charge in [0.1, 0.15) is 6.04 Å². The number of methoxy groups -OCH3 is 1. The zero-order valence-electron chi connectivity index (χ0n) is 24.0. The molecular weight excluding hydrogens is 604 g/mol. The van der Waals surface area contributed by atoms with Crippen LogP contribution >= 0.6 is 0 Å². The fourth-order valence-electron chi connectivity index (χ4n) is 5.21. The van der Waals surface area contributed by atoms with Crippen LogP contribution in [0.5, 0.6) is 0 Å². The summed E-state index contributed by atoms with van der Waals surface area (Å²) in [5.41, 5.74) is 0.248. The molecule has 0 radical (unpaired) electrons. The molecule has 0 aliphatic carbocycles. The lowest BCUT2D eigenvalue weighted by Crippen LogP contribution is -2.64. The van der Waals surface area contributed by atoms with Crippen molar-refractivity contribution < 1.29 is 50.2 Å². The highest BCUT2D eigenvalue weighted by Gasteiger charge is 2.49. The second-order valence-corrected chi connectivity index (χ2v) is 10.6. The van der Waals surface area contributed by atoms with Crippen LogP contribution in [0.15, 0.2) is 22.4 Å². The van der Waals surface area contributed by atoms with Crippen LogP contribution in [-0.2, 0) is 30.0 Å². The number of piperazine rings is 1. The molecule has 0 saturated carbocycles. The predicted molar refractivity (Wildman–Crippen MR) is 144 cm³/mol. The number of alkyl halides is 6. The SMILES string of the molecule is COC[C@@H](COCCC(=O)N1CCN2c3ncc(C(F)(F)F)cc3N(C(C)C)C(=O)[C@@H]2C1)N=C1C=NNC(=O)C1C(F)(F)F. The molecule has 1 aromatic heterocycles. The molecule has 1 aromatic rings. The second kappa shape index (κ2) is 13.1. The zero-order chi connectivity index (χ0) is 32.4. The number of carbonyl (C=O) groups is 3. The molecule has 1 unspecified atom stereocenters. The Hall–Kier alpha value is -3.80. The van der Waals surface area contributed by atoms with Gasteiger partial charge in [-0.15, -0.1) is 0 Å². The van der Waals surface area contributed by atoms with Gasteiger partial charge < -0.3 is 24.2 Å². The molecule has 1 N–H and O–H groups in total. The summed E-state index contributed by atoms with van der Waals surface area (Å²) in [6.45, 7) is 3.17. The Morgan fingerprint density at radius 1 is 1.16 bits per heavy atom. The number of amides is 3. The summed E-state index contributed by atoms with van der Waals surface area (Å²) in [6, 6.07) is -1.35. The van der Waals surface area contributed by atoms with Crippen molar-refractivity contribution in [3.05, 3.63) is 17.8 Å². The summed E-state index contributed by atoms with van der Waals surface area (Å²) in [4.78, 5) is 50.5. The van der Waals surface area contributed by atoms with Gasteiger partial charge in [-0.2, -0.15) is 31.4 Å². The van der Waals surface area contributed by atoms with Crippen LogP contribution in [0, 0.1) is 5.92 Å². The topological polar surface area (TPSA) is 129 Å². The molecule has 18 heteroatoms. The van der Waals surface area contributed by atoms with Gasteiger partial charge in [0.05, 0.1) is 62.0 Å². The monoisotopic (exact) mass is 635 g/mol. The lowest BCUT2D eigenvalue weighted by atomic mass is 10.0. The van der Waals surface area contributed by atoms with E-state index in [1.165, 1.54) is 16.9 Å². The van der Waals surface area contributed by atoms with E-state index >= 15 is 0 Å². The van der Waals surface area contributed by atoms with E-state index in [2.05, 4.69) is 15.1 Å². The molecule has 0 aromatic carbocycles. The third-order valence-corrected chi connectivity index (χ3v) is 7.20. The van der Waals surface area contributed by atoms with Crippen molar-refractivity contribution in [3.63, 3.8) is 0 Å². The first-order chi connectivity index (χ1) is 20.6. The number of hydrazone groups is 1. The molecule has 4 rings (SSSR count). The van der Waals surface area contributed by atoms with E-state index in [4.69, 9.17) is 9.47 Å². The molecule has 242 valence electrons. The summed E-state index contributed by atoms with van der Waals surface area (Å²) < 4.78 is 90.8. The number of nitrogens with zero attached hydrogens (tertiary/aromatic N) is 6. The molecule has 1 saturated heterocycles. The van der Waals surface area contributed by atoms with Crippen molar-refractivity contribution in [2.45, 2.75) is 50.7 Å². The molecule has 0 bridgehead atoms. The third kappa shape index (κ3) is 7.11. The molecule has 0 spiro atoms. The van der Waals surface area contributed by atoms with Crippen molar-refractivity contribution >= 4 is 41.2 Å². The number of aliphatic imine (C=N–C) groups is 1. The average Bonchev–Trinajstić information content (AvgIpc) is 2.93. The highest BCUT2D eigenvalue weighted by Crippen LogP contribution is 2.40. The molecular formula is C26H31F6N7O5. The number of carbonyl (C=O) groups excluding carboxylic acids is 3. The normalized spacial score (nSPS) is 22.3. The first kappa shape index (κ1) is 33.1. The summed E-state index contributed by atoms with van der Waals surface area (Å²) in [5, 5.41) is 3.40. The van der Waals surface area contributed by atoms with Gasteiger partial charge in [-0.05, 0) is 19.9 Å². The first-order valence-electron chi connectivity index (χ1n) is 13.6. The number of nitrogens with one attached hydrogen (secondary N) is 1. The molecule has 44 heavy (non-hydrogen) atoms. The number of rotatable bonds is 9. The minimum absolute atomic E-state index is 0.0246. The van der Waals surface area contributed by atoms with E-state index in [0.29, 0.717) is 0 Å². The Labute approximate surface area is 248 Å². The maximum absolute atomic E-state index is 13.4. The Kier molecular flexibility index (Phi) is 9.82. The largest absolute Gasteiger partial charge is 0.417 e. The average molecular weight is 636 g/mol. The van der Waals surface area contributed by atoms with Crippen LogP contribution in [0.4, 0.5) is 37.8 Å². The van der Waals surface area contributed by atoms with E-state index in [1.54, 1.807) is 24.2 Å². The van der Waals surface area contributed by atoms with Crippen LogP contribution in [-0.4, -0.2) is 110 Å². The fourth-order valence-corrected chi connectivity index (χ4v) is 5.21. The number of aromatic nitrogens is 1. The van der Waals surface area contributed by atoms with Crippen molar-refractivity contribution in [1.82, 2.24) is 15.3 Å². The maximum atomic E-state index is 13.4. The zero-order valence-corrected chi connectivity index (χ0v) is 24.0. The Bertz CT molecular complexity index is 1320. The van der Waals surface area contributed by atoms with Gasteiger partial charge in [0, 0.05) is 32.4 Å². The van der Waals surface area contributed by atoms with Crippen molar-refractivity contribution in [3.8, 4) is 0 Å². The van der Waals surface area contributed by atoms with Crippen LogP contribution in [0.3, 0.4) is 0 Å². The van der Waals surface area contributed by atoms with E-state index in [9.17, 15) is 40.7 Å². The minimum Gasteiger partial charge on any atom is -0.382 e. The summed E-state index contributed by atoms with van der Waals surface area (Å²) in [6.07, 6.45) is -8.12. The third-order valence-electron chi connectivity index (χ3n) is 7.20. The predicted octanol–water partition coefficient (Wildman–Crippen LogP) is 2.03. The van der Waals surface area contributed by atoms with E-state index in [1.807, 2.05) is 0 Å². The number of fused-ring (bicyclic) bond motifs is 3. The van der Waals surface area contributed by atoms with Gasteiger partial charge in [0.25, 0.3) is 11.8 Å². The quantitative estimate of drug-likeness (QED) is 0.325. The fraction of sp³-hybridized carbons (Fsp3) is 0.615. The lowest BCUT2D eigenvalue weighted by molar-refractivity contribution is -0.168. The molecule has 3 aliphatic heterocycles. The van der Waals surface area contributed by atoms with Gasteiger partial charge in [-0.25, -0.2) is 10.4 Å². The van der Waals surface area contributed by atoms with Gasteiger partial charge in [-0.3, -0.25) is 19.4 Å². The van der Waals surface area contributed by atoms with E-state index in [-0.39, 0.29) is 63.3 Å². The number of hydrogen-bond donors (Lipinski definition) is 1. The van der Waals surface area contributed by atoms with Gasteiger partial charge in [0.15, 0.2) is 11.7 Å².